The van der Waals surface area contributed by atoms with Crippen LogP contribution in [0.2, 0.25) is 5.02 Å². The van der Waals surface area contributed by atoms with E-state index in [1.807, 2.05) is 0 Å². The van der Waals surface area contributed by atoms with E-state index < -0.39 is 11.8 Å². The van der Waals surface area contributed by atoms with Crippen LogP contribution in [0, 0.1) is 0 Å². The molecule has 1 aromatic rings. The van der Waals surface area contributed by atoms with Gasteiger partial charge in [0.1, 0.15) is 11.4 Å². The molecule has 1 aromatic carbocycles. The third kappa shape index (κ3) is 3.98. The molecule has 0 fully saturated rings. The molecule has 0 saturated heterocycles. The minimum absolute atomic E-state index is 0.299. The Morgan fingerprint density at radius 3 is 2.50 bits per heavy atom. The Hall–Kier alpha value is -1.42. The molecule has 0 amide bonds. The van der Waals surface area contributed by atoms with Gasteiger partial charge in [-0.1, -0.05) is 11.6 Å². The quantitative estimate of drug-likeness (QED) is 0.467. The van der Waals surface area contributed by atoms with Crippen LogP contribution < -0.4 is 10.5 Å². The SMILES string of the molecule is CC(C)(C)OC(=O)Oc1ccc(N)c(Cl)c1. The van der Waals surface area contributed by atoms with Crippen LogP contribution in [0.5, 0.6) is 5.75 Å². The molecule has 0 bridgehead atoms. The lowest BCUT2D eigenvalue weighted by Crippen LogP contribution is -2.25. The third-order valence-electron chi connectivity index (χ3n) is 1.56. The predicted octanol–water partition coefficient (Wildman–Crippen LogP) is 3.24. The first-order valence-electron chi connectivity index (χ1n) is 4.74. The van der Waals surface area contributed by atoms with E-state index in [9.17, 15) is 4.79 Å². The van der Waals surface area contributed by atoms with Gasteiger partial charge in [-0.15, -0.1) is 0 Å². The molecule has 0 atom stereocenters. The highest BCUT2D eigenvalue weighted by atomic mass is 35.5. The fourth-order valence-electron chi connectivity index (χ4n) is 0.938. The second-order valence-corrected chi connectivity index (χ2v) is 4.66. The topological polar surface area (TPSA) is 61.5 Å². The van der Waals surface area contributed by atoms with Crippen LogP contribution in [0.1, 0.15) is 20.8 Å². The lowest BCUT2D eigenvalue weighted by molar-refractivity contribution is 0.0206. The standard InChI is InChI=1S/C11H14ClNO3/c1-11(2,3)16-10(14)15-7-4-5-9(13)8(12)6-7/h4-6H,13H2,1-3H3. The minimum atomic E-state index is -0.770. The number of anilines is 1. The van der Waals surface area contributed by atoms with Crippen LogP contribution in [0.15, 0.2) is 18.2 Å². The molecule has 0 heterocycles. The van der Waals surface area contributed by atoms with Crippen molar-refractivity contribution in [3.8, 4) is 5.75 Å². The fraction of sp³-hybridized carbons (Fsp3) is 0.364. The highest BCUT2D eigenvalue weighted by Crippen LogP contribution is 2.24. The van der Waals surface area contributed by atoms with Gasteiger partial charge in [-0.25, -0.2) is 4.79 Å². The number of halogens is 1. The van der Waals surface area contributed by atoms with Crippen molar-refractivity contribution in [1.82, 2.24) is 0 Å². The molecule has 5 heteroatoms. The molecule has 0 aliphatic heterocycles. The van der Waals surface area contributed by atoms with E-state index in [0.717, 1.165) is 0 Å². The van der Waals surface area contributed by atoms with Crippen molar-refractivity contribution in [1.29, 1.82) is 0 Å². The van der Waals surface area contributed by atoms with Gasteiger partial charge in [0.2, 0.25) is 0 Å². The number of carbonyl (C=O) groups is 1. The number of carbonyl (C=O) groups excluding carboxylic acids is 1. The molecule has 2 N–H and O–H groups in total. The molecular weight excluding hydrogens is 230 g/mol. The molecule has 88 valence electrons. The maximum Gasteiger partial charge on any atom is 0.514 e. The minimum Gasteiger partial charge on any atom is -0.428 e. The van der Waals surface area contributed by atoms with E-state index in [2.05, 4.69) is 0 Å². The van der Waals surface area contributed by atoms with E-state index in [-0.39, 0.29) is 0 Å². The number of ether oxygens (including phenoxy) is 2. The smallest absolute Gasteiger partial charge is 0.428 e. The maximum atomic E-state index is 11.3. The third-order valence-corrected chi connectivity index (χ3v) is 1.89. The van der Waals surface area contributed by atoms with E-state index >= 15 is 0 Å². The lowest BCUT2D eigenvalue weighted by Gasteiger charge is -2.18. The summed E-state index contributed by atoms with van der Waals surface area (Å²) in [5.41, 5.74) is 5.36. The number of hydrogen-bond donors (Lipinski definition) is 1. The predicted molar refractivity (Wildman–Crippen MR) is 62.7 cm³/mol. The Morgan fingerprint density at radius 2 is 2.00 bits per heavy atom. The molecule has 4 nitrogen and oxygen atoms in total. The van der Waals surface area contributed by atoms with Crippen LogP contribution in [0.3, 0.4) is 0 Å². The van der Waals surface area contributed by atoms with Gasteiger partial charge in [0, 0.05) is 6.07 Å². The Kier molecular flexibility index (Phi) is 3.65. The van der Waals surface area contributed by atoms with E-state index in [4.69, 9.17) is 26.8 Å². The van der Waals surface area contributed by atoms with Crippen molar-refractivity contribution in [2.45, 2.75) is 26.4 Å². The van der Waals surface area contributed by atoms with Crippen molar-refractivity contribution in [2.75, 3.05) is 5.73 Å². The summed E-state index contributed by atoms with van der Waals surface area (Å²) < 4.78 is 9.90. The molecular formula is C11H14ClNO3. The Bertz CT molecular complexity index is 399. The van der Waals surface area contributed by atoms with E-state index in [1.54, 1.807) is 32.9 Å². The van der Waals surface area contributed by atoms with Gasteiger partial charge < -0.3 is 15.2 Å². The van der Waals surface area contributed by atoms with Crippen molar-refractivity contribution in [2.24, 2.45) is 0 Å². The number of nitrogens with two attached hydrogens (primary N) is 1. The van der Waals surface area contributed by atoms with Gasteiger partial charge in [0.25, 0.3) is 0 Å². The highest BCUT2D eigenvalue weighted by Gasteiger charge is 2.18. The molecule has 0 aliphatic rings. The fourth-order valence-corrected chi connectivity index (χ4v) is 1.11. The van der Waals surface area contributed by atoms with Gasteiger partial charge in [-0.05, 0) is 32.9 Å². The number of benzene rings is 1. The van der Waals surface area contributed by atoms with E-state index in [1.165, 1.54) is 6.07 Å². The van der Waals surface area contributed by atoms with Gasteiger partial charge in [-0.3, -0.25) is 0 Å². The first-order valence-corrected chi connectivity index (χ1v) is 5.11. The Morgan fingerprint density at radius 1 is 1.38 bits per heavy atom. The van der Waals surface area contributed by atoms with Crippen LogP contribution in [0.4, 0.5) is 10.5 Å². The number of hydrogen-bond acceptors (Lipinski definition) is 4. The van der Waals surface area contributed by atoms with Crippen molar-refractivity contribution >= 4 is 23.4 Å². The van der Waals surface area contributed by atoms with Crippen LogP contribution in [-0.4, -0.2) is 11.8 Å². The van der Waals surface area contributed by atoms with Crippen molar-refractivity contribution in [3.05, 3.63) is 23.2 Å². The molecule has 0 unspecified atom stereocenters. The first kappa shape index (κ1) is 12.6. The Labute approximate surface area is 99.3 Å². The summed E-state index contributed by atoms with van der Waals surface area (Å²) in [5, 5.41) is 0.334. The molecule has 0 radical (unpaired) electrons. The summed E-state index contributed by atoms with van der Waals surface area (Å²) in [6.45, 7) is 5.26. The maximum absolute atomic E-state index is 11.3. The summed E-state index contributed by atoms with van der Waals surface area (Å²) in [6, 6.07) is 4.56. The molecule has 0 aromatic heterocycles. The first-order chi connectivity index (χ1) is 7.28. The second-order valence-electron chi connectivity index (χ2n) is 4.25. The average molecular weight is 244 g/mol. The molecule has 16 heavy (non-hydrogen) atoms. The largest absolute Gasteiger partial charge is 0.514 e. The monoisotopic (exact) mass is 243 g/mol. The number of nitrogen functional groups attached to an aromatic ring is 1. The van der Waals surface area contributed by atoms with Crippen LogP contribution in [-0.2, 0) is 4.74 Å². The van der Waals surface area contributed by atoms with Gasteiger partial charge in [-0.2, -0.15) is 0 Å². The number of rotatable bonds is 1. The molecule has 0 aliphatic carbocycles. The highest BCUT2D eigenvalue weighted by molar-refractivity contribution is 6.33. The molecule has 0 saturated carbocycles. The summed E-state index contributed by atoms with van der Waals surface area (Å²) in [7, 11) is 0. The lowest BCUT2D eigenvalue weighted by atomic mass is 10.2. The van der Waals surface area contributed by atoms with Crippen molar-refractivity contribution in [3.63, 3.8) is 0 Å². The normalized spacial score (nSPS) is 11.0. The Balaban J connectivity index is 2.67. The van der Waals surface area contributed by atoms with Crippen LogP contribution >= 0.6 is 11.6 Å². The van der Waals surface area contributed by atoms with Gasteiger partial charge in [0.15, 0.2) is 0 Å². The van der Waals surface area contributed by atoms with Crippen molar-refractivity contribution < 1.29 is 14.3 Å². The van der Waals surface area contributed by atoms with E-state index in [0.29, 0.717) is 16.5 Å². The zero-order valence-corrected chi connectivity index (χ0v) is 10.2. The summed E-state index contributed by atoms with van der Waals surface area (Å²) in [4.78, 5) is 11.3. The molecule has 0 spiro atoms. The van der Waals surface area contributed by atoms with Gasteiger partial charge in [0.05, 0.1) is 10.7 Å². The zero-order valence-electron chi connectivity index (χ0n) is 9.41. The zero-order chi connectivity index (χ0) is 12.3. The van der Waals surface area contributed by atoms with Crippen LogP contribution in [0.25, 0.3) is 0 Å². The average Bonchev–Trinajstić information content (AvgIpc) is 2.08. The summed E-state index contributed by atoms with van der Waals surface area (Å²) in [5.74, 6) is 0.299. The second kappa shape index (κ2) is 4.61. The summed E-state index contributed by atoms with van der Waals surface area (Å²) >= 11 is 5.77. The van der Waals surface area contributed by atoms with Gasteiger partial charge >= 0.3 is 6.16 Å². The molecule has 1 rings (SSSR count). The summed E-state index contributed by atoms with van der Waals surface area (Å²) in [6.07, 6.45) is -0.770.